The summed E-state index contributed by atoms with van der Waals surface area (Å²) in [5.74, 6) is 0. The summed E-state index contributed by atoms with van der Waals surface area (Å²) < 4.78 is 38.3. The number of alkyl halides is 3. The van der Waals surface area contributed by atoms with Gasteiger partial charge in [-0.3, -0.25) is 0 Å². The zero-order chi connectivity index (χ0) is 12.5. The van der Waals surface area contributed by atoms with E-state index >= 15 is 0 Å². The average Bonchev–Trinajstić information content (AvgIpc) is 2.76. The van der Waals surface area contributed by atoms with Crippen molar-refractivity contribution in [2.45, 2.75) is 12.8 Å². The highest BCUT2D eigenvalue weighted by molar-refractivity contribution is 5.35. The Balaban J connectivity index is 2.36. The minimum atomic E-state index is -4.36. The molecular weight excluding hydrogens is 235 g/mol. The van der Waals surface area contributed by atoms with Crippen LogP contribution in [0.5, 0.6) is 0 Å². The third kappa shape index (κ3) is 2.28. The van der Waals surface area contributed by atoms with Gasteiger partial charge in [-0.15, -0.1) is 5.10 Å². The SMILES string of the molecule is OCc1cnnn1-c1ccc(C(F)(F)F)cc1. The molecule has 0 radical (unpaired) electrons. The Bertz CT molecular complexity index is 504. The van der Waals surface area contributed by atoms with Crippen molar-refractivity contribution >= 4 is 0 Å². The molecule has 4 nitrogen and oxygen atoms in total. The van der Waals surface area contributed by atoms with Crippen molar-refractivity contribution in [2.24, 2.45) is 0 Å². The van der Waals surface area contributed by atoms with Crippen LogP contribution in [0.15, 0.2) is 30.5 Å². The molecule has 2 rings (SSSR count). The lowest BCUT2D eigenvalue weighted by molar-refractivity contribution is -0.137. The molecule has 7 heteroatoms. The Morgan fingerprint density at radius 1 is 1.18 bits per heavy atom. The average molecular weight is 243 g/mol. The second kappa shape index (κ2) is 4.17. The maximum Gasteiger partial charge on any atom is 0.416 e. The van der Waals surface area contributed by atoms with Crippen molar-refractivity contribution in [1.82, 2.24) is 15.0 Å². The molecule has 0 bridgehead atoms. The van der Waals surface area contributed by atoms with Crippen LogP contribution in [0, 0.1) is 0 Å². The van der Waals surface area contributed by atoms with Crippen LogP contribution < -0.4 is 0 Å². The predicted octanol–water partition coefficient (Wildman–Crippen LogP) is 1.78. The van der Waals surface area contributed by atoms with Gasteiger partial charge in [0.1, 0.15) is 0 Å². The second-order valence-electron chi connectivity index (χ2n) is 3.34. The maximum absolute atomic E-state index is 12.3. The Hall–Kier alpha value is -1.89. The van der Waals surface area contributed by atoms with Gasteiger partial charge in [-0.2, -0.15) is 13.2 Å². The van der Waals surface area contributed by atoms with Gasteiger partial charge >= 0.3 is 6.18 Å². The molecule has 0 saturated carbocycles. The fourth-order valence-corrected chi connectivity index (χ4v) is 1.37. The summed E-state index contributed by atoms with van der Waals surface area (Å²) in [5, 5.41) is 16.2. The number of aliphatic hydroxyl groups excluding tert-OH is 1. The summed E-state index contributed by atoms with van der Waals surface area (Å²) in [6, 6.07) is 4.46. The number of hydrogen-bond acceptors (Lipinski definition) is 3. The molecule has 0 aliphatic heterocycles. The van der Waals surface area contributed by atoms with E-state index in [9.17, 15) is 13.2 Å². The van der Waals surface area contributed by atoms with Crippen molar-refractivity contribution in [2.75, 3.05) is 0 Å². The lowest BCUT2D eigenvalue weighted by atomic mass is 10.2. The molecule has 1 N–H and O–H groups in total. The molecule has 0 fully saturated rings. The Morgan fingerprint density at radius 2 is 1.82 bits per heavy atom. The number of benzene rings is 1. The van der Waals surface area contributed by atoms with Crippen molar-refractivity contribution in [3.05, 3.63) is 41.7 Å². The molecular formula is C10H8F3N3O. The molecule has 90 valence electrons. The molecule has 2 aromatic rings. The molecule has 1 aromatic carbocycles. The largest absolute Gasteiger partial charge is 0.416 e. The van der Waals surface area contributed by atoms with Gasteiger partial charge in [-0.1, -0.05) is 5.21 Å². The zero-order valence-corrected chi connectivity index (χ0v) is 8.52. The van der Waals surface area contributed by atoms with E-state index in [-0.39, 0.29) is 6.61 Å². The van der Waals surface area contributed by atoms with Crippen LogP contribution in [0.1, 0.15) is 11.3 Å². The summed E-state index contributed by atoms with van der Waals surface area (Å²) >= 11 is 0. The van der Waals surface area contributed by atoms with Crippen LogP contribution in [0.2, 0.25) is 0 Å². The predicted molar refractivity (Wildman–Crippen MR) is 52.3 cm³/mol. The number of aromatic nitrogens is 3. The summed E-state index contributed by atoms with van der Waals surface area (Å²) in [6.45, 7) is -0.284. The number of rotatable bonds is 2. The topological polar surface area (TPSA) is 50.9 Å². The summed E-state index contributed by atoms with van der Waals surface area (Å²) in [7, 11) is 0. The number of halogens is 3. The normalized spacial score (nSPS) is 11.8. The molecule has 0 aliphatic rings. The van der Waals surface area contributed by atoms with E-state index in [1.807, 2.05) is 0 Å². The van der Waals surface area contributed by atoms with Crippen LogP contribution in [0.4, 0.5) is 13.2 Å². The third-order valence-electron chi connectivity index (χ3n) is 2.22. The molecule has 1 aromatic heterocycles. The summed E-state index contributed by atoms with van der Waals surface area (Å²) in [5.41, 5.74) is 0.0937. The second-order valence-corrected chi connectivity index (χ2v) is 3.34. The summed E-state index contributed by atoms with van der Waals surface area (Å²) in [4.78, 5) is 0. The van der Waals surface area contributed by atoms with Gasteiger partial charge in [-0.05, 0) is 24.3 Å². The lowest BCUT2D eigenvalue weighted by Gasteiger charge is -2.08. The van der Waals surface area contributed by atoms with Gasteiger partial charge in [0.25, 0.3) is 0 Å². The first kappa shape index (κ1) is 11.6. The van der Waals surface area contributed by atoms with E-state index in [0.717, 1.165) is 12.1 Å². The fourth-order valence-electron chi connectivity index (χ4n) is 1.37. The molecule has 0 amide bonds. The smallest absolute Gasteiger partial charge is 0.390 e. The molecule has 0 saturated heterocycles. The van der Waals surface area contributed by atoms with Crippen molar-refractivity contribution < 1.29 is 18.3 Å². The van der Waals surface area contributed by atoms with Gasteiger partial charge in [0.05, 0.1) is 29.7 Å². The fraction of sp³-hybridized carbons (Fsp3) is 0.200. The summed E-state index contributed by atoms with van der Waals surface area (Å²) in [6.07, 6.45) is -3.02. The highest BCUT2D eigenvalue weighted by atomic mass is 19.4. The van der Waals surface area contributed by atoms with Crippen molar-refractivity contribution in [1.29, 1.82) is 0 Å². The van der Waals surface area contributed by atoms with Crippen LogP contribution >= 0.6 is 0 Å². The molecule has 17 heavy (non-hydrogen) atoms. The van der Waals surface area contributed by atoms with Gasteiger partial charge in [0, 0.05) is 0 Å². The molecule has 1 heterocycles. The van der Waals surface area contributed by atoms with Gasteiger partial charge in [0.15, 0.2) is 0 Å². The molecule has 0 spiro atoms. The van der Waals surface area contributed by atoms with Crippen LogP contribution in [-0.2, 0) is 12.8 Å². The van der Waals surface area contributed by atoms with Crippen LogP contribution in [-0.4, -0.2) is 20.1 Å². The monoisotopic (exact) mass is 243 g/mol. The Labute approximate surface area is 94.3 Å². The standard InChI is InChI=1S/C10H8F3N3O/c11-10(12,13)7-1-3-8(4-2-7)16-9(6-17)5-14-15-16/h1-5,17H,6H2. The van der Waals surface area contributed by atoms with Crippen LogP contribution in [0.25, 0.3) is 5.69 Å². The first-order valence-electron chi connectivity index (χ1n) is 4.70. The molecule has 0 unspecified atom stereocenters. The Morgan fingerprint density at radius 3 is 2.35 bits per heavy atom. The van der Waals surface area contributed by atoms with Gasteiger partial charge in [-0.25, -0.2) is 4.68 Å². The first-order valence-corrected chi connectivity index (χ1v) is 4.70. The number of hydrogen-bond donors (Lipinski definition) is 1. The first-order chi connectivity index (χ1) is 8.02. The zero-order valence-electron chi connectivity index (χ0n) is 8.52. The highest BCUT2D eigenvalue weighted by Gasteiger charge is 2.30. The Kier molecular flexibility index (Phi) is 2.84. The molecule has 0 aliphatic carbocycles. The quantitative estimate of drug-likeness (QED) is 0.874. The van der Waals surface area contributed by atoms with Gasteiger partial charge in [0.2, 0.25) is 0 Å². The van der Waals surface area contributed by atoms with Crippen molar-refractivity contribution in [3.63, 3.8) is 0 Å². The number of aliphatic hydroxyl groups is 1. The highest BCUT2D eigenvalue weighted by Crippen LogP contribution is 2.29. The van der Waals surface area contributed by atoms with Crippen LogP contribution in [0.3, 0.4) is 0 Å². The van der Waals surface area contributed by atoms with Crippen molar-refractivity contribution in [3.8, 4) is 5.69 Å². The van der Waals surface area contributed by atoms with E-state index in [1.165, 1.54) is 23.0 Å². The minimum Gasteiger partial charge on any atom is -0.390 e. The lowest BCUT2D eigenvalue weighted by Crippen LogP contribution is -2.06. The van der Waals surface area contributed by atoms with Gasteiger partial charge < -0.3 is 5.11 Å². The van der Waals surface area contributed by atoms with E-state index in [2.05, 4.69) is 10.3 Å². The van der Waals surface area contributed by atoms with E-state index in [0.29, 0.717) is 11.4 Å². The molecule has 0 atom stereocenters. The maximum atomic E-state index is 12.3. The number of nitrogens with zero attached hydrogens (tertiary/aromatic N) is 3. The third-order valence-corrected chi connectivity index (χ3v) is 2.22. The van der Waals surface area contributed by atoms with E-state index in [4.69, 9.17) is 5.11 Å². The van der Waals surface area contributed by atoms with E-state index in [1.54, 1.807) is 0 Å². The minimum absolute atomic E-state index is 0.284. The van der Waals surface area contributed by atoms with E-state index < -0.39 is 11.7 Å².